The van der Waals surface area contributed by atoms with Gasteiger partial charge in [-0.25, -0.2) is 0 Å². The first-order chi connectivity index (χ1) is 10.8. The van der Waals surface area contributed by atoms with E-state index in [4.69, 9.17) is 16.7 Å². The van der Waals surface area contributed by atoms with Crippen LogP contribution >= 0.6 is 12.2 Å². The minimum Gasteiger partial charge on any atom is -0.364 e. The summed E-state index contributed by atoms with van der Waals surface area (Å²) in [5.41, 5.74) is 2.61. The van der Waals surface area contributed by atoms with Crippen LogP contribution in [0.15, 0.2) is 29.0 Å². The molecule has 0 spiro atoms. The fourth-order valence-corrected chi connectivity index (χ4v) is 5.16. The van der Waals surface area contributed by atoms with Crippen LogP contribution in [0, 0.1) is 10.8 Å². The second-order valence-corrected chi connectivity index (χ2v) is 8.75. The average molecular weight is 329 g/mol. The molecule has 2 aromatic rings. The smallest absolute Gasteiger partial charge is 0.173 e. The van der Waals surface area contributed by atoms with Crippen molar-refractivity contribution in [3.05, 3.63) is 24.5 Å². The number of hydrogen-bond donors (Lipinski definition) is 1. The predicted molar refractivity (Wildman–Crippen MR) is 96.5 cm³/mol. The molecule has 4 rings (SSSR count). The fraction of sp³-hybridized carbons (Fsp3) is 0.556. The van der Waals surface area contributed by atoms with Crippen LogP contribution in [0.5, 0.6) is 0 Å². The number of aromatic nitrogens is 1. The Morgan fingerprint density at radius 3 is 3.00 bits per heavy atom. The summed E-state index contributed by atoms with van der Waals surface area (Å²) in [7, 11) is 0. The SMILES string of the molecule is CC1(C)CC2CC(C)(CN2C(=S)Nc2ccc3conc3c2)C1. The molecule has 0 amide bonds. The Balaban J connectivity index is 1.53. The van der Waals surface area contributed by atoms with Gasteiger partial charge in [0.2, 0.25) is 0 Å². The molecule has 1 aromatic carbocycles. The Labute approximate surface area is 142 Å². The summed E-state index contributed by atoms with van der Waals surface area (Å²) in [5.74, 6) is 0. The highest BCUT2D eigenvalue weighted by atomic mass is 32.1. The van der Waals surface area contributed by atoms with Gasteiger partial charge in [-0.15, -0.1) is 0 Å². The molecule has 2 heterocycles. The Morgan fingerprint density at radius 2 is 2.17 bits per heavy atom. The summed E-state index contributed by atoms with van der Waals surface area (Å²) < 4.78 is 5.00. The van der Waals surface area contributed by atoms with E-state index in [1.807, 2.05) is 18.2 Å². The van der Waals surface area contributed by atoms with Crippen molar-refractivity contribution in [3.8, 4) is 0 Å². The molecule has 2 unspecified atom stereocenters. The minimum atomic E-state index is 0.383. The zero-order valence-electron chi connectivity index (χ0n) is 13.9. The number of anilines is 1. The number of nitrogens with zero attached hydrogens (tertiary/aromatic N) is 2. The molecule has 2 fully saturated rings. The van der Waals surface area contributed by atoms with E-state index in [0.29, 0.717) is 16.9 Å². The molecule has 122 valence electrons. The lowest BCUT2D eigenvalue weighted by Gasteiger charge is -2.39. The fourth-order valence-electron chi connectivity index (χ4n) is 4.83. The molecular weight excluding hydrogens is 306 g/mol. The minimum absolute atomic E-state index is 0.383. The highest BCUT2D eigenvalue weighted by molar-refractivity contribution is 7.80. The molecule has 4 nitrogen and oxygen atoms in total. The van der Waals surface area contributed by atoms with E-state index in [0.717, 1.165) is 28.2 Å². The van der Waals surface area contributed by atoms with Gasteiger partial charge in [0.1, 0.15) is 11.8 Å². The Hall–Kier alpha value is -1.62. The first-order valence-electron chi connectivity index (χ1n) is 8.26. The van der Waals surface area contributed by atoms with Gasteiger partial charge in [-0.1, -0.05) is 25.9 Å². The van der Waals surface area contributed by atoms with Crippen molar-refractivity contribution in [2.75, 3.05) is 11.9 Å². The van der Waals surface area contributed by atoms with Crippen LogP contribution < -0.4 is 5.32 Å². The number of rotatable bonds is 1. The van der Waals surface area contributed by atoms with Gasteiger partial charge in [0.05, 0.1) is 0 Å². The summed E-state index contributed by atoms with van der Waals surface area (Å²) in [6.45, 7) is 8.23. The molecule has 2 aliphatic rings. The van der Waals surface area contributed by atoms with Crippen molar-refractivity contribution in [2.45, 2.75) is 46.1 Å². The largest absolute Gasteiger partial charge is 0.364 e. The summed E-state index contributed by atoms with van der Waals surface area (Å²) >= 11 is 5.72. The van der Waals surface area contributed by atoms with E-state index in [2.05, 4.69) is 36.1 Å². The molecule has 23 heavy (non-hydrogen) atoms. The summed E-state index contributed by atoms with van der Waals surface area (Å²) in [6.07, 6.45) is 5.40. The van der Waals surface area contributed by atoms with Gasteiger partial charge in [0.25, 0.3) is 0 Å². The molecule has 1 N–H and O–H groups in total. The summed E-state index contributed by atoms with van der Waals surface area (Å²) in [6, 6.07) is 6.57. The molecular formula is C18H23N3OS. The van der Waals surface area contributed by atoms with Gasteiger partial charge in [-0.3, -0.25) is 0 Å². The van der Waals surface area contributed by atoms with E-state index in [1.165, 1.54) is 19.3 Å². The zero-order chi connectivity index (χ0) is 16.2. The van der Waals surface area contributed by atoms with Gasteiger partial charge in [-0.05, 0) is 60.5 Å². The molecule has 0 radical (unpaired) electrons. The molecule has 1 aliphatic carbocycles. The number of fused-ring (bicyclic) bond motifs is 3. The van der Waals surface area contributed by atoms with Crippen molar-refractivity contribution < 1.29 is 4.52 Å². The normalized spacial score (nSPS) is 29.0. The average Bonchev–Trinajstić information content (AvgIpc) is 2.99. The van der Waals surface area contributed by atoms with Crippen LogP contribution in [-0.2, 0) is 0 Å². The maximum absolute atomic E-state index is 5.72. The lowest BCUT2D eigenvalue weighted by molar-refractivity contribution is 0.132. The molecule has 1 aromatic heterocycles. The maximum Gasteiger partial charge on any atom is 0.173 e. The zero-order valence-corrected chi connectivity index (χ0v) is 14.7. The number of hydrogen-bond acceptors (Lipinski definition) is 3. The van der Waals surface area contributed by atoms with E-state index in [-0.39, 0.29) is 0 Å². The van der Waals surface area contributed by atoms with Crippen LogP contribution in [0.4, 0.5) is 5.69 Å². The van der Waals surface area contributed by atoms with Gasteiger partial charge in [0, 0.05) is 23.7 Å². The van der Waals surface area contributed by atoms with Gasteiger partial charge >= 0.3 is 0 Å². The van der Waals surface area contributed by atoms with E-state index < -0.39 is 0 Å². The molecule has 1 saturated carbocycles. The van der Waals surface area contributed by atoms with Crippen molar-refractivity contribution in [3.63, 3.8) is 0 Å². The first-order valence-corrected chi connectivity index (χ1v) is 8.66. The lowest BCUT2D eigenvalue weighted by Crippen LogP contribution is -2.39. The highest BCUT2D eigenvalue weighted by Crippen LogP contribution is 2.52. The van der Waals surface area contributed by atoms with Crippen LogP contribution in [0.2, 0.25) is 0 Å². The van der Waals surface area contributed by atoms with E-state index in [1.54, 1.807) is 6.26 Å². The van der Waals surface area contributed by atoms with Gasteiger partial charge < -0.3 is 14.7 Å². The topological polar surface area (TPSA) is 41.3 Å². The van der Waals surface area contributed by atoms with Crippen molar-refractivity contribution in [1.29, 1.82) is 0 Å². The van der Waals surface area contributed by atoms with Gasteiger partial charge in [0.15, 0.2) is 5.11 Å². The van der Waals surface area contributed by atoms with Crippen molar-refractivity contribution in [1.82, 2.24) is 10.1 Å². The molecule has 1 aliphatic heterocycles. The Kier molecular flexibility index (Phi) is 3.21. The van der Waals surface area contributed by atoms with Crippen molar-refractivity contribution >= 4 is 33.9 Å². The second kappa shape index (κ2) is 4.94. The third kappa shape index (κ3) is 2.71. The standard InChI is InChI=1S/C18H23N3OS/c1-17(2)7-14-8-18(3,10-17)11-21(14)16(23)19-13-5-4-12-9-22-20-15(12)6-13/h4-6,9,14H,7-8,10-11H2,1-3H3,(H,19,23). The highest BCUT2D eigenvalue weighted by Gasteiger charge is 2.50. The molecule has 5 heteroatoms. The van der Waals surface area contributed by atoms with Crippen LogP contribution in [-0.4, -0.2) is 27.8 Å². The van der Waals surface area contributed by atoms with Crippen LogP contribution in [0.3, 0.4) is 0 Å². The van der Waals surface area contributed by atoms with E-state index >= 15 is 0 Å². The summed E-state index contributed by atoms with van der Waals surface area (Å²) in [4.78, 5) is 2.40. The molecule has 2 bridgehead atoms. The number of nitrogens with one attached hydrogen (secondary N) is 1. The number of likely N-dealkylation sites (tertiary alicyclic amines) is 1. The van der Waals surface area contributed by atoms with Crippen LogP contribution in [0.25, 0.3) is 10.9 Å². The van der Waals surface area contributed by atoms with E-state index in [9.17, 15) is 0 Å². The molecule has 2 atom stereocenters. The monoisotopic (exact) mass is 329 g/mol. The predicted octanol–water partition coefficient (Wildman–Crippen LogP) is 4.43. The number of benzene rings is 1. The second-order valence-electron chi connectivity index (χ2n) is 8.36. The van der Waals surface area contributed by atoms with Crippen LogP contribution in [0.1, 0.15) is 40.0 Å². The summed E-state index contributed by atoms with van der Waals surface area (Å²) in [5, 5.41) is 9.23. The molecule has 1 saturated heterocycles. The first kappa shape index (κ1) is 14.9. The maximum atomic E-state index is 5.72. The van der Waals surface area contributed by atoms with Crippen molar-refractivity contribution in [2.24, 2.45) is 10.8 Å². The number of thiocarbonyl (C=S) groups is 1. The quantitative estimate of drug-likeness (QED) is 0.784. The third-order valence-electron chi connectivity index (χ3n) is 5.29. The lowest BCUT2D eigenvalue weighted by atomic mass is 9.65. The van der Waals surface area contributed by atoms with Gasteiger partial charge in [-0.2, -0.15) is 0 Å². The Bertz CT molecular complexity index is 768. The Morgan fingerprint density at radius 1 is 1.35 bits per heavy atom. The third-order valence-corrected chi connectivity index (χ3v) is 5.62.